The molecule has 2 aliphatic carbocycles. The molecule has 4 N–H and O–H groups in total. The van der Waals surface area contributed by atoms with Crippen LogP contribution in [-0.4, -0.2) is 57.6 Å². The molecule has 0 radical (unpaired) electrons. The average molecular weight is 503 g/mol. The smallest absolute Gasteiger partial charge is 0.122 e. The van der Waals surface area contributed by atoms with Crippen LogP contribution in [-0.2, 0) is 16.8 Å². The van der Waals surface area contributed by atoms with Gasteiger partial charge in [0.25, 0.3) is 0 Å². The first-order chi connectivity index (χ1) is 16.8. The van der Waals surface area contributed by atoms with Gasteiger partial charge in [0.2, 0.25) is 0 Å². The zero-order valence-corrected chi connectivity index (χ0v) is 20.8. The number of rotatable bonds is 8. The van der Waals surface area contributed by atoms with Crippen molar-refractivity contribution in [1.29, 1.82) is 0 Å². The number of fused-ring (bicyclic) bond motifs is 1. The third-order valence-corrected chi connectivity index (χ3v) is 8.42. The maximum absolute atomic E-state index is 11.0. The van der Waals surface area contributed by atoms with Gasteiger partial charge in [0, 0.05) is 5.02 Å². The van der Waals surface area contributed by atoms with Crippen LogP contribution in [0.4, 0.5) is 0 Å². The summed E-state index contributed by atoms with van der Waals surface area (Å²) in [6.45, 7) is 1.49. The highest BCUT2D eigenvalue weighted by molar-refractivity contribution is 6.31. The number of halogens is 1. The first kappa shape index (κ1) is 25.0. The summed E-state index contributed by atoms with van der Waals surface area (Å²) in [5.41, 5.74) is 1.33. The lowest BCUT2D eigenvalue weighted by Gasteiger charge is -2.49. The molecule has 1 aliphatic heterocycles. The Labute approximate surface area is 211 Å². The molecule has 5 rings (SSSR count). The highest BCUT2D eigenvalue weighted by atomic mass is 35.5. The van der Waals surface area contributed by atoms with Crippen LogP contribution in [0.15, 0.2) is 42.5 Å². The van der Waals surface area contributed by atoms with E-state index in [0.717, 1.165) is 28.7 Å². The zero-order valence-electron chi connectivity index (χ0n) is 20.0. The Morgan fingerprint density at radius 2 is 1.71 bits per heavy atom. The number of benzene rings is 2. The van der Waals surface area contributed by atoms with Gasteiger partial charge >= 0.3 is 0 Å². The number of aliphatic hydroxyl groups excluding tert-OH is 4. The lowest BCUT2D eigenvalue weighted by atomic mass is 9.76. The molecule has 6 nitrogen and oxygen atoms in total. The minimum atomic E-state index is -1.44. The van der Waals surface area contributed by atoms with E-state index in [1.54, 1.807) is 12.1 Å². The predicted octanol–water partition coefficient (Wildman–Crippen LogP) is 3.58. The fraction of sp³-hybridized carbons (Fsp3) is 0.571. The lowest BCUT2D eigenvalue weighted by Crippen LogP contribution is -2.63. The highest BCUT2D eigenvalue weighted by Crippen LogP contribution is 2.52. The van der Waals surface area contributed by atoms with E-state index in [0.29, 0.717) is 36.0 Å². The normalized spacial score (nSPS) is 36.1. The van der Waals surface area contributed by atoms with E-state index in [1.165, 1.54) is 19.3 Å². The molecule has 2 saturated carbocycles. The predicted molar refractivity (Wildman–Crippen MR) is 133 cm³/mol. The van der Waals surface area contributed by atoms with Crippen LogP contribution in [0.25, 0.3) is 0 Å². The Balaban J connectivity index is 1.36. The fourth-order valence-electron chi connectivity index (χ4n) is 6.03. The largest absolute Gasteiger partial charge is 0.490 e. The monoisotopic (exact) mass is 502 g/mol. The molecule has 8 atom stereocenters. The van der Waals surface area contributed by atoms with Crippen molar-refractivity contribution in [3.8, 4) is 5.75 Å². The molecule has 35 heavy (non-hydrogen) atoms. The summed E-state index contributed by atoms with van der Waals surface area (Å²) in [5, 5.41) is 42.1. The van der Waals surface area contributed by atoms with Crippen LogP contribution in [0.1, 0.15) is 55.7 Å². The van der Waals surface area contributed by atoms with Crippen molar-refractivity contribution in [2.24, 2.45) is 11.8 Å². The van der Waals surface area contributed by atoms with Crippen LogP contribution in [0.3, 0.4) is 0 Å². The molecule has 3 fully saturated rings. The van der Waals surface area contributed by atoms with Gasteiger partial charge in [-0.1, -0.05) is 49.2 Å². The van der Waals surface area contributed by atoms with Gasteiger partial charge in [0.05, 0.1) is 12.7 Å². The van der Waals surface area contributed by atoms with Gasteiger partial charge in [-0.2, -0.15) is 0 Å². The summed E-state index contributed by atoms with van der Waals surface area (Å²) < 4.78 is 12.3. The van der Waals surface area contributed by atoms with E-state index >= 15 is 0 Å². The van der Waals surface area contributed by atoms with E-state index in [2.05, 4.69) is 0 Å². The quantitative estimate of drug-likeness (QED) is 0.440. The van der Waals surface area contributed by atoms with E-state index in [9.17, 15) is 20.4 Å². The first-order valence-electron chi connectivity index (χ1n) is 12.7. The van der Waals surface area contributed by atoms with Gasteiger partial charge in [0.15, 0.2) is 0 Å². The maximum atomic E-state index is 11.0. The van der Waals surface area contributed by atoms with Crippen molar-refractivity contribution in [1.82, 2.24) is 0 Å². The van der Waals surface area contributed by atoms with Crippen LogP contribution >= 0.6 is 11.6 Å². The van der Waals surface area contributed by atoms with Gasteiger partial charge in [-0.15, -0.1) is 0 Å². The molecular formula is C28H35ClO6. The Bertz CT molecular complexity index is 1020. The molecule has 0 spiro atoms. The molecule has 0 bridgehead atoms. The highest BCUT2D eigenvalue weighted by Gasteiger charge is 2.53. The summed E-state index contributed by atoms with van der Waals surface area (Å²) in [5.74, 6) is 2.66. The standard InChI is InChI=1S/C28H35ClO6/c1-2-9-28(27(33)26(32)25(31)24(15-30)35-28)20-5-8-23(29)19(12-20)10-16-3-6-21(7-4-16)34-22-13-17-11-18(17)14-22/h3-8,12,17-18,22,24-27,30-33H,2,9-11,13-15H2,1H3/t17-,18+,22?,24-,25-,26+,27-,28?/m1/s1. The molecule has 0 aromatic heterocycles. The summed E-state index contributed by atoms with van der Waals surface area (Å²) >= 11 is 6.56. The number of hydrogen-bond donors (Lipinski definition) is 4. The third kappa shape index (κ3) is 4.85. The van der Waals surface area contributed by atoms with E-state index < -0.39 is 36.6 Å². The zero-order chi connectivity index (χ0) is 24.7. The summed E-state index contributed by atoms with van der Waals surface area (Å²) in [6.07, 6.45) is 0.537. The van der Waals surface area contributed by atoms with Gasteiger partial charge in [0.1, 0.15) is 35.8 Å². The summed E-state index contributed by atoms with van der Waals surface area (Å²) in [7, 11) is 0. The van der Waals surface area contributed by atoms with Gasteiger partial charge in [-0.25, -0.2) is 0 Å². The van der Waals surface area contributed by atoms with Crippen molar-refractivity contribution < 1.29 is 29.9 Å². The molecule has 0 amide bonds. The molecule has 1 saturated heterocycles. The average Bonchev–Trinajstić information content (AvgIpc) is 3.47. The summed E-state index contributed by atoms with van der Waals surface area (Å²) in [4.78, 5) is 0. The van der Waals surface area contributed by atoms with Crippen molar-refractivity contribution >= 4 is 11.6 Å². The SMILES string of the molecule is CCCC1(c2ccc(Cl)c(Cc3ccc(OC4C[C@@H]5C[C@@H]5C4)cc3)c2)O[C@H](CO)[C@@H](O)[C@H](O)[C@H]1O. The third-order valence-electron chi connectivity index (χ3n) is 8.05. The molecule has 2 unspecified atom stereocenters. The van der Waals surface area contributed by atoms with Crippen molar-refractivity contribution in [2.45, 2.75) is 81.6 Å². The topological polar surface area (TPSA) is 99.4 Å². The number of aliphatic hydroxyl groups is 4. The minimum absolute atomic E-state index is 0.337. The van der Waals surface area contributed by atoms with E-state index in [4.69, 9.17) is 21.1 Å². The molecule has 3 aliphatic rings. The molecule has 190 valence electrons. The van der Waals surface area contributed by atoms with E-state index in [-0.39, 0.29) is 0 Å². The lowest BCUT2D eigenvalue weighted by molar-refractivity contribution is -0.282. The fourth-order valence-corrected chi connectivity index (χ4v) is 6.21. The first-order valence-corrected chi connectivity index (χ1v) is 13.1. The Morgan fingerprint density at radius 3 is 2.37 bits per heavy atom. The maximum Gasteiger partial charge on any atom is 0.122 e. The molecule has 2 aromatic rings. The molecular weight excluding hydrogens is 468 g/mol. The second-order valence-corrected chi connectivity index (χ2v) is 10.9. The minimum Gasteiger partial charge on any atom is -0.490 e. The van der Waals surface area contributed by atoms with Crippen molar-refractivity contribution in [3.63, 3.8) is 0 Å². The number of hydrogen-bond acceptors (Lipinski definition) is 6. The number of ether oxygens (including phenoxy) is 2. The second-order valence-electron chi connectivity index (χ2n) is 10.5. The second kappa shape index (κ2) is 10.0. The van der Waals surface area contributed by atoms with Crippen LogP contribution < -0.4 is 4.74 Å². The van der Waals surface area contributed by atoms with E-state index in [1.807, 2.05) is 37.3 Å². The van der Waals surface area contributed by atoms with Gasteiger partial charge < -0.3 is 29.9 Å². The molecule has 2 aromatic carbocycles. The van der Waals surface area contributed by atoms with Crippen molar-refractivity contribution in [3.05, 3.63) is 64.2 Å². The van der Waals surface area contributed by atoms with Crippen LogP contribution in [0.2, 0.25) is 5.02 Å². The van der Waals surface area contributed by atoms with Crippen molar-refractivity contribution in [2.75, 3.05) is 6.61 Å². The Kier molecular flexibility index (Phi) is 7.14. The van der Waals surface area contributed by atoms with Crippen LogP contribution in [0.5, 0.6) is 5.75 Å². The van der Waals surface area contributed by atoms with Crippen LogP contribution in [0, 0.1) is 11.8 Å². The van der Waals surface area contributed by atoms with Gasteiger partial charge in [-0.05, 0) is 78.8 Å². The Hall–Kier alpha value is -1.67. The molecule has 1 heterocycles. The molecule has 7 heteroatoms. The van der Waals surface area contributed by atoms with Gasteiger partial charge in [-0.3, -0.25) is 0 Å². The Morgan fingerprint density at radius 1 is 1.00 bits per heavy atom. The summed E-state index contributed by atoms with van der Waals surface area (Å²) in [6, 6.07) is 13.6.